The second-order valence-corrected chi connectivity index (χ2v) is 8.70. The van der Waals surface area contributed by atoms with Crippen molar-refractivity contribution in [3.8, 4) is 0 Å². The van der Waals surface area contributed by atoms with E-state index < -0.39 is 9.84 Å². The van der Waals surface area contributed by atoms with Gasteiger partial charge in [-0.1, -0.05) is 103 Å². The van der Waals surface area contributed by atoms with E-state index in [1.165, 1.54) is 5.56 Å². The van der Waals surface area contributed by atoms with E-state index in [0.29, 0.717) is 11.3 Å². The summed E-state index contributed by atoms with van der Waals surface area (Å²) in [7, 11) is -3.41. The van der Waals surface area contributed by atoms with E-state index in [4.69, 9.17) is 0 Å². The van der Waals surface area contributed by atoms with Gasteiger partial charge in [0.05, 0.1) is 5.75 Å². The maximum atomic E-state index is 13.1. The third-order valence-corrected chi connectivity index (χ3v) is 6.23. The van der Waals surface area contributed by atoms with E-state index in [-0.39, 0.29) is 5.75 Å². The van der Waals surface area contributed by atoms with Crippen LogP contribution in [0.2, 0.25) is 0 Å². The number of allylic oxidation sites excluding steroid dienone is 4. The fraction of sp³-hybridized carbons (Fsp3) is 0.120. The van der Waals surface area contributed by atoms with E-state index in [0.717, 1.165) is 17.5 Å². The second-order valence-electron chi connectivity index (χ2n) is 6.66. The summed E-state index contributed by atoms with van der Waals surface area (Å²) < 4.78 is 26.1. The molecule has 0 radical (unpaired) electrons. The number of hydrogen-bond donors (Lipinski definition) is 0. The third-order valence-electron chi connectivity index (χ3n) is 4.43. The van der Waals surface area contributed by atoms with E-state index >= 15 is 0 Å². The first-order valence-electron chi connectivity index (χ1n) is 9.34. The molecule has 0 aliphatic rings. The molecule has 2 nitrogen and oxygen atoms in total. The lowest BCUT2D eigenvalue weighted by Gasteiger charge is -2.09. The molecule has 0 aromatic heterocycles. The molecule has 0 saturated carbocycles. The summed E-state index contributed by atoms with van der Waals surface area (Å²) >= 11 is 0. The van der Waals surface area contributed by atoms with Gasteiger partial charge in [0.25, 0.3) is 0 Å². The van der Waals surface area contributed by atoms with Gasteiger partial charge in [-0.2, -0.15) is 0 Å². The van der Waals surface area contributed by atoms with Crippen LogP contribution in [0.4, 0.5) is 0 Å². The Labute approximate surface area is 167 Å². The Morgan fingerprint density at radius 1 is 0.679 bits per heavy atom. The molecule has 3 aromatic rings. The first-order chi connectivity index (χ1) is 13.6. The average molecular weight is 389 g/mol. The summed E-state index contributed by atoms with van der Waals surface area (Å²) in [6.45, 7) is 0. The molecule has 3 rings (SSSR count). The van der Waals surface area contributed by atoms with Gasteiger partial charge in [-0.05, 0) is 29.2 Å². The predicted molar refractivity (Wildman–Crippen MR) is 117 cm³/mol. The van der Waals surface area contributed by atoms with Crippen molar-refractivity contribution in [3.05, 3.63) is 131 Å². The zero-order chi connectivity index (χ0) is 19.7. The highest BCUT2D eigenvalue weighted by molar-refractivity contribution is 7.94. The van der Waals surface area contributed by atoms with Crippen molar-refractivity contribution in [3.63, 3.8) is 0 Å². The highest BCUT2D eigenvalue weighted by Crippen LogP contribution is 2.19. The van der Waals surface area contributed by atoms with Gasteiger partial charge < -0.3 is 0 Å². The van der Waals surface area contributed by atoms with Crippen molar-refractivity contribution < 1.29 is 8.42 Å². The zero-order valence-corrected chi connectivity index (χ0v) is 16.6. The van der Waals surface area contributed by atoms with Gasteiger partial charge in [0.15, 0.2) is 9.84 Å². The third kappa shape index (κ3) is 6.07. The molecule has 0 amide bonds. The van der Waals surface area contributed by atoms with Crippen LogP contribution < -0.4 is 0 Å². The highest BCUT2D eigenvalue weighted by atomic mass is 32.2. The quantitative estimate of drug-likeness (QED) is 0.476. The van der Waals surface area contributed by atoms with Crippen LogP contribution in [0.25, 0.3) is 0 Å². The molecule has 0 bridgehead atoms. The Morgan fingerprint density at radius 3 is 1.75 bits per heavy atom. The molecule has 142 valence electrons. The topological polar surface area (TPSA) is 34.1 Å². The smallest absolute Gasteiger partial charge is 0.179 e. The minimum atomic E-state index is -3.41. The summed E-state index contributed by atoms with van der Waals surface area (Å²) in [5, 5.41) is 0. The van der Waals surface area contributed by atoms with Gasteiger partial charge in [0.1, 0.15) is 0 Å². The fourth-order valence-electron chi connectivity index (χ4n) is 2.95. The fourth-order valence-corrected chi connectivity index (χ4v) is 4.44. The van der Waals surface area contributed by atoms with Crippen molar-refractivity contribution in [1.82, 2.24) is 0 Å². The van der Waals surface area contributed by atoms with Crippen LogP contribution in [0.5, 0.6) is 0 Å². The first kappa shape index (κ1) is 19.8. The molecular formula is C25H24O2S. The second kappa shape index (κ2) is 9.86. The molecular weight excluding hydrogens is 364 g/mol. The van der Waals surface area contributed by atoms with Gasteiger partial charge >= 0.3 is 0 Å². The molecule has 0 N–H and O–H groups in total. The van der Waals surface area contributed by atoms with Gasteiger partial charge in [-0.15, -0.1) is 0 Å². The Morgan fingerprint density at radius 2 is 1.18 bits per heavy atom. The molecule has 0 saturated heterocycles. The molecule has 0 atom stereocenters. The predicted octanol–water partition coefficient (Wildman–Crippen LogP) is 5.53. The molecule has 0 heterocycles. The first-order valence-corrected chi connectivity index (χ1v) is 11.0. The molecule has 0 unspecified atom stereocenters. The molecule has 0 fully saturated rings. The van der Waals surface area contributed by atoms with E-state index in [1.807, 2.05) is 91.0 Å². The van der Waals surface area contributed by atoms with Gasteiger partial charge in [0, 0.05) is 11.3 Å². The van der Waals surface area contributed by atoms with Crippen LogP contribution in [0.15, 0.2) is 114 Å². The van der Waals surface area contributed by atoms with Gasteiger partial charge in [-0.3, -0.25) is 0 Å². The lowest BCUT2D eigenvalue weighted by molar-refractivity contribution is 0.600. The average Bonchev–Trinajstić information content (AvgIpc) is 2.72. The Bertz CT molecular complexity index is 1020. The van der Waals surface area contributed by atoms with Crippen LogP contribution >= 0.6 is 0 Å². The number of sulfone groups is 1. The lowest BCUT2D eigenvalue weighted by Crippen LogP contribution is -2.10. The minimum absolute atomic E-state index is 0.0129. The molecule has 3 aromatic carbocycles. The largest absolute Gasteiger partial charge is 0.224 e. The van der Waals surface area contributed by atoms with E-state index in [1.54, 1.807) is 6.08 Å². The summed E-state index contributed by atoms with van der Waals surface area (Å²) in [4.78, 5) is 0.437. The molecule has 0 aliphatic carbocycles. The van der Waals surface area contributed by atoms with Crippen molar-refractivity contribution in [1.29, 1.82) is 0 Å². The van der Waals surface area contributed by atoms with Crippen molar-refractivity contribution in [2.75, 3.05) is 0 Å². The summed E-state index contributed by atoms with van der Waals surface area (Å²) in [5.74, 6) is 0.0129. The highest BCUT2D eigenvalue weighted by Gasteiger charge is 2.18. The summed E-state index contributed by atoms with van der Waals surface area (Å²) in [6, 6.07) is 29.2. The normalized spacial score (nSPS) is 12.4. The maximum Gasteiger partial charge on any atom is 0.179 e. The lowest BCUT2D eigenvalue weighted by atomic mass is 10.1. The minimum Gasteiger partial charge on any atom is -0.224 e. The molecule has 3 heteroatoms. The van der Waals surface area contributed by atoms with Crippen LogP contribution in [-0.4, -0.2) is 8.42 Å². The van der Waals surface area contributed by atoms with Crippen molar-refractivity contribution in [2.24, 2.45) is 0 Å². The van der Waals surface area contributed by atoms with Crippen LogP contribution in [0.3, 0.4) is 0 Å². The number of hydrogen-bond acceptors (Lipinski definition) is 2. The van der Waals surface area contributed by atoms with Crippen molar-refractivity contribution >= 4 is 9.84 Å². The molecule has 0 aliphatic heterocycles. The summed E-state index contributed by atoms with van der Waals surface area (Å²) in [5.41, 5.74) is 2.99. The Kier molecular flexibility index (Phi) is 6.99. The molecule has 0 spiro atoms. The Balaban J connectivity index is 1.81. The molecule has 28 heavy (non-hydrogen) atoms. The van der Waals surface area contributed by atoms with E-state index in [9.17, 15) is 8.42 Å². The standard InChI is InChI=1S/C25H24O2S/c26-28(27,21-24-17-8-3-9-18-24)25(20-23-15-6-2-7-16-23)19-11-10-14-22-12-4-1-5-13-22/h1-13,15-19H,14,20-21H2/b11-10+,25-19+. The van der Waals surface area contributed by atoms with Crippen LogP contribution in [-0.2, 0) is 28.4 Å². The van der Waals surface area contributed by atoms with Crippen LogP contribution in [0, 0.1) is 0 Å². The SMILES string of the molecule is O=S(=O)(Cc1ccccc1)/C(=C/C=C/Cc1ccccc1)Cc1ccccc1. The Hall–Kier alpha value is -2.91. The summed E-state index contributed by atoms with van der Waals surface area (Å²) in [6.07, 6.45) is 6.76. The number of benzene rings is 3. The number of rotatable bonds is 8. The van der Waals surface area contributed by atoms with E-state index in [2.05, 4.69) is 12.1 Å². The zero-order valence-electron chi connectivity index (χ0n) is 15.7. The van der Waals surface area contributed by atoms with Gasteiger partial charge in [0.2, 0.25) is 0 Å². The maximum absolute atomic E-state index is 13.1. The monoisotopic (exact) mass is 388 g/mol. The van der Waals surface area contributed by atoms with Crippen molar-refractivity contribution in [2.45, 2.75) is 18.6 Å². The van der Waals surface area contributed by atoms with Crippen LogP contribution in [0.1, 0.15) is 16.7 Å². The van der Waals surface area contributed by atoms with Gasteiger partial charge in [-0.25, -0.2) is 8.42 Å².